The zero-order chi connectivity index (χ0) is 13.8. The van der Waals surface area contributed by atoms with Gasteiger partial charge in [0.15, 0.2) is 12.4 Å². The lowest BCUT2D eigenvalue weighted by Crippen LogP contribution is -2.12. The lowest BCUT2D eigenvalue weighted by Gasteiger charge is -2.08. The number of carbonyl (C=O) groups excluding carboxylic acids is 1. The van der Waals surface area contributed by atoms with Crippen LogP contribution in [0, 0.1) is 19.7 Å². The smallest absolute Gasteiger partial charge is 0.200 e. The SMILES string of the molecule is Cc1ccc(C(=O)COc2cc(F)ccc2C)cc1. The van der Waals surface area contributed by atoms with Crippen molar-refractivity contribution >= 4 is 5.78 Å². The number of ketones is 1. The van der Waals surface area contributed by atoms with Crippen molar-refractivity contribution in [1.82, 2.24) is 0 Å². The predicted molar refractivity (Wildman–Crippen MR) is 72.1 cm³/mol. The molecule has 0 spiro atoms. The van der Waals surface area contributed by atoms with Crippen molar-refractivity contribution in [2.45, 2.75) is 13.8 Å². The molecule has 2 aromatic carbocycles. The summed E-state index contributed by atoms with van der Waals surface area (Å²) < 4.78 is 18.4. The molecule has 0 aliphatic rings. The van der Waals surface area contributed by atoms with Gasteiger partial charge < -0.3 is 4.74 Å². The van der Waals surface area contributed by atoms with Gasteiger partial charge in [-0.15, -0.1) is 0 Å². The van der Waals surface area contributed by atoms with Gasteiger partial charge >= 0.3 is 0 Å². The summed E-state index contributed by atoms with van der Waals surface area (Å²) in [6.07, 6.45) is 0. The van der Waals surface area contributed by atoms with E-state index in [9.17, 15) is 9.18 Å². The molecule has 0 amide bonds. The summed E-state index contributed by atoms with van der Waals surface area (Å²) in [5, 5.41) is 0. The van der Waals surface area contributed by atoms with Crippen molar-refractivity contribution in [3.63, 3.8) is 0 Å². The van der Waals surface area contributed by atoms with E-state index in [2.05, 4.69) is 0 Å². The van der Waals surface area contributed by atoms with Crippen molar-refractivity contribution in [3.05, 3.63) is 65.0 Å². The molecule has 0 saturated carbocycles. The van der Waals surface area contributed by atoms with Gasteiger partial charge in [0.1, 0.15) is 11.6 Å². The Bertz CT molecular complexity index is 588. The fourth-order valence-corrected chi connectivity index (χ4v) is 1.70. The summed E-state index contributed by atoms with van der Waals surface area (Å²) in [7, 11) is 0. The van der Waals surface area contributed by atoms with Crippen LogP contribution < -0.4 is 4.74 Å². The molecule has 19 heavy (non-hydrogen) atoms. The Morgan fingerprint density at radius 1 is 1.11 bits per heavy atom. The molecule has 0 aromatic heterocycles. The third kappa shape index (κ3) is 3.41. The molecule has 2 rings (SSSR count). The zero-order valence-electron chi connectivity index (χ0n) is 10.9. The molecule has 2 aromatic rings. The fourth-order valence-electron chi connectivity index (χ4n) is 1.70. The summed E-state index contributed by atoms with van der Waals surface area (Å²) in [5.74, 6) is -0.0903. The molecule has 0 aliphatic carbocycles. The maximum absolute atomic E-state index is 13.1. The Morgan fingerprint density at radius 2 is 1.79 bits per heavy atom. The normalized spacial score (nSPS) is 10.3. The zero-order valence-corrected chi connectivity index (χ0v) is 10.9. The Hall–Kier alpha value is -2.16. The van der Waals surface area contributed by atoms with Crippen LogP contribution in [0.5, 0.6) is 5.75 Å². The molecule has 0 saturated heterocycles. The van der Waals surface area contributed by atoms with Crippen molar-refractivity contribution in [2.24, 2.45) is 0 Å². The monoisotopic (exact) mass is 258 g/mol. The van der Waals surface area contributed by atoms with Crippen LogP contribution in [0.2, 0.25) is 0 Å². The van der Waals surface area contributed by atoms with Crippen LogP contribution in [0.1, 0.15) is 21.5 Å². The van der Waals surface area contributed by atoms with E-state index in [0.717, 1.165) is 11.1 Å². The number of hydrogen-bond acceptors (Lipinski definition) is 2. The summed E-state index contributed by atoms with van der Waals surface area (Å²) >= 11 is 0. The van der Waals surface area contributed by atoms with Gasteiger partial charge in [-0.1, -0.05) is 35.9 Å². The van der Waals surface area contributed by atoms with Crippen LogP contribution in [-0.2, 0) is 0 Å². The number of carbonyl (C=O) groups is 1. The van der Waals surface area contributed by atoms with E-state index in [1.165, 1.54) is 12.1 Å². The minimum atomic E-state index is -0.372. The summed E-state index contributed by atoms with van der Waals surface area (Å²) in [5.41, 5.74) is 2.50. The lowest BCUT2D eigenvalue weighted by molar-refractivity contribution is 0.0921. The van der Waals surface area contributed by atoms with E-state index in [0.29, 0.717) is 11.3 Å². The minimum absolute atomic E-state index is 0.0899. The number of aryl methyl sites for hydroxylation is 2. The van der Waals surface area contributed by atoms with Crippen LogP contribution in [0.4, 0.5) is 4.39 Å². The number of hydrogen-bond donors (Lipinski definition) is 0. The second-order valence-electron chi connectivity index (χ2n) is 4.49. The molecule has 0 N–H and O–H groups in total. The molecule has 0 fully saturated rings. The first-order valence-corrected chi connectivity index (χ1v) is 6.05. The van der Waals surface area contributed by atoms with Gasteiger partial charge in [0.2, 0.25) is 0 Å². The van der Waals surface area contributed by atoms with Gasteiger partial charge in [0.05, 0.1) is 0 Å². The van der Waals surface area contributed by atoms with E-state index < -0.39 is 0 Å². The summed E-state index contributed by atoms with van der Waals surface area (Å²) in [4.78, 5) is 11.9. The Kier molecular flexibility index (Phi) is 3.95. The second-order valence-corrected chi connectivity index (χ2v) is 4.49. The quantitative estimate of drug-likeness (QED) is 0.781. The van der Waals surface area contributed by atoms with E-state index in [4.69, 9.17) is 4.74 Å². The number of benzene rings is 2. The van der Waals surface area contributed by atoms with E-state index in [1.807, 2.05) is 26.0 Å². The third-order valence-corrected chi connectivity index (χ3v) is 2.88. The van der Waals surface area contributed by atoms with Crippen molar-refractivity contribution in [2.75, 3.05) is 6.61 Å². The van der Waals surface area contributed by atoms with Crippen LogP contribution in [0.15, 0.2) is 42.5 Å². The van der Waals surface area contributed by atoms with Gasteiger partial charge in [-0.25, -0.2) is 4.39 Å². The van der Waals surface area contributed by atoms with Crippen molar-refractivity contribution < 1.29 is 13.9 Å². The van der Waals surface area contributed by atoms with Gasteiger partial charge in [0.25, 0.3) is 0 Å². The van der Waals surface area contributed by atoms with E-state index in [-0.39, 0.29) is 18.2 Å². The van der Waals surface area contributed by atoms with E-state index >= 15 is 0 Å². The Labute approximate surface area is 111 Å². The first-order valence-electron chi connectivity index (χ1n) is 6.05. The van der Waals surface area contributed by atoms with Gasteiger partial charge in [-0.3, -0.25) is 4.79 Å². The molecule has 0 bridgehead atoms. The molecule has 0 heterocycles. The highest BCUT2D eigenvalue weighted by atomic mass is 19.1. The highest BCUT2D eigenvalue weighted by Crippen LogP contribution is 2.19. The first-order chi connectivity index (χ1) is 9.06. The van der Waals surface area contributed by atoms with Crippen molar-refractivity contribution in [1.29, 1.82) is 0 Å². The molecule has 0 radical (unpaired) electrons. The highest BCUT2D eigenvalue weighted by molar-refractivity contribution is 5.97. The molecule has 98 valence electrons. The number of Topliss-reactive ketones (excluding diaryl/α,β-unsaturated/α-hetero) is 1. The summed E-state index contributed by atoms with van der Waals surface area (Å²) in [6, 6.07) is 11.6. The minimum Gasteiger partial charge on any atom is -0.485 e. The van der Waals surface area contributed by atoms with Crippen LogP contribution in [-0.4, -0.2) is 12.4 Å². The third-order valence-electron chi connectivity index (χ3n) is 2.88. The number of halogens is 1. The molecular weight excluding hydrogens is 243 g/mol. The van der Waals surface area contributed by atoms with Gasteiger partial charge in [0, 0.05) is 11.6 Å². The molecular formula is C16H15FO2. The largest absolute Gasteiger partial charge is 0.485 e. The number of ether oxygens (including phenoxy) is 1. The Morgan fingerprint density at radius 3 is 2.47 bits per heavy atom. The first kappa shape index (κ1) is 13.3. The molecule has 0 atom stereocenters. The average molecular weight is 258 g/mol. The maximum atomic E-state index is 13.1. The molecule has 2 nitrogen and oxygen atoms in total. The van der Waals surface area contributed by atoms with Crippen LogP contribution in [0.25, 0.3) is 0 Å². The lowest BCUT2D eigenvalue weighted by atomic mass is 10.1. The summed E-state index contributed by atoms with van der Waals surface area (Å²) in [6.45, 7) is 3.68. The Balaban J connectivity index is 2.04. The van der Waals surface area contributed by atoms with Gasteiger partial charge in [-0.05, 0) is 25.5 Å². The molecule has 3 heteroatoms. The second kappa shape index (κ2) is 5.65. The van der Waals surface area contributed by atoms with Crippen molar-refractivity contribution in [3.8, 4) is 5.75 Å². The highest BCUT2D eigenvalue weighted by Gasteiger charge is 2.08. The standard InChI is InChI=1S/C16H15FO2/c1-11-3-6-13(7-4-11)15(18)10-19-16-9-14(17)8-5-12(16)2/h3-9H,10H2,1-2H3. The van der Waals surface area contributed by atoms with Crippen LogP contribution >= 0.6 is 0 Å². The predicted octanol–water partition coefficient (Wildman–Crippen LogP) is 3.70. The fraction of sp³-hybridized carbons (Fsp3) is 0.188. The topological polar surface area (TPSA) is 26.3 Å². The van der Waals surface area contributed by atoms with E-state index in [1.54, 1.807) is 18.2 Å². The average Bonchev–Trinajstić information content (AvgIpc) is 2.40. The molecule has 0 unspecified atom stereocenters. The van der Waals surface area contributed by atoms with Gasteiger partial charge in [-0.2, -0.15) is 0 Å². The maximum Gasteiger partial charge on any atom is 0.200 e. The van der Waals surface area contributed by atoms with Crippen LogP contribution in [0.3, 0.4) is 0 Å². The number of rotatable bonds is 4. The molecule has 0 aliphatic heterocycles.